The van der Waals surface area contributed by atoms with Gasteiger partial charge in [0.2, 0.25) is 5.91 Å². The maximum Gasteiger partial charge on any atom is 0.324 e. The topological polar surface area (TPSA) is 91.0 Å². The van der Waals surface area contributed by atoms with Crippen LogP contribution in [0.1, 0.15) is 12.0 Å². The molecule has 0 radical (unpaired) electrons. The number of rotatable bonds is 6. The van der Waals surface area contributed by atoms with Crippen LogP contribution in [-0.2, 0) is 20.9 Å². The molecule has 0 aliphatic carbocycles. The van der Waals surface area contributed by atoms with Crippen LogP contribution in [0.25, 0.3) is 0 Å². The molecule has 3 rings (SSSR count). The first-order valence-electron chi connectivity index (χ1n) is 8.96. The lowest BCUT2D eigenvalue weighted by molar-refractivity contribution is -0.130. The molecule has 8 nitrogen and oxygen atoms in total. The lowest BCUT2D eigenvalue weighted by Crippen LogP contribution is -2.47. The quantitative estimate of drug-likeness (QED) is 0.665. The van der Waals surface area contributed by atoms with Gasteiger partial charge in [-0.25, -0.2) is 4.79 Å². The Bertz CT molecular complexity index is 776. The first-order chi connectivity index (χ1) is 13.3. The number of amides is 4. The minimum absolute atomic E-state index is 0.0887. The van der Waals surface area contributed by atoms with Gasteiger partial charge in [0.05, 0.1) is 29.2 Å². The van der Waals surface area contributed by atoms with Crippen LogP contribution in [0.4, 0.5) is 4.79 Å². The predicted molar refractivity (Wildman–Crippen MR) is 104 cm³/mol. The minimum atomic E-state index is -0.809. The summed E-state index contributed by atoms with van der Waals surface area (Å²) < 4.78 is 5.72. The molecule has 0 spiro atoms. The number of hydrogen-bond donors (Lipinski definition) is 2. The van der Waals surface area contributed by atoms with Gasteiger partial charge < -0.3 is 15.4 Å². The molecule has 2 saturated heterocycles. The van der Waals surface area contributed by atoms with Crippen molar-refractivity contribution in [2.45, 2.75) is 25.1 Å². The van der Waals surface area contributed by atoms with Crippen LogP contribution in [0.2, 0.25) is 10.0 Å². The van der Waals surface area contributed by atoms with Gasteiger partial charge in [-0.15, -0.1) is 0 Å². The summed E-state index contributed by atoms with van der Waals surface area (Å²) in [5.41, 5.74) is 1.05. The van der Waals surface area contributed by atoms with E-state index in [1.807, 2.05) is 12.1 Å². The lowest BCUT2D eigenvalue weighted by atomic mass is 10.1. The van der Waals surface area contributed by atoms with E-state index in [2.05, 4.69) is 15.5 Å². The monoisotopic (exact) mass is 428 g/mol. The number of halogens is 2. The summed E-state index contributed by atoms with van der Waals surface area (Å²) in [6, 6.07) is 4.26. The summed E-state index contributed by atoms with van der Waals surface area (Å²) in [5, 5.41) is 6.31. The van der Waals surface area contributed by atoms with E-state index in [1.54, 1.807) is 6.07 Å². The highest BCUT2D eigenvalue weighted by atomic mass is 35.5. The molecule has 1 aromatic rings. The highest BCUT2D eigenvalue weighted by molar-refractivity contribution is 6.42. The fourth-order valence-electron chi connectivity index (χ4n) is 3.21. The van der Waals surface area contributed by atoms with Gasteiger partial charge in [0, 0.05) is 33.2 Å². The molecule has 2 aliphatic rings. The van der Waals surface area contributed by atoms with Gasteiger partial charge in [-0.3, -0.25) is 19.4 Å². The van der Waals surface area contributed by atoms with Gasteiger partial charge in [-0.05, 0) is 17.7 Å². The Morgan fingerprint density at radius 1 is 1.32 bits per heavy atom. The molecular formula is C18H22Cl2N4O4. The molecule has 2 N–H and O–H groups in total. The van der Waals surface area contributed by atoms with Gasteiger partial charge in [-0.1, -0.05) is 29.3 Å². The minimum Gasteiger partial charge on any atom is -0.374 e. The third-order valence-electron chi connectivity index (χ3n) is 4.76. The molecule has 0 aromatic heterocycles. The maximum absolute atomic E-state index is 12.1. The number of hydrogen-bond acceptors (Lipinski definition) is 5. The van der Waals surface area contributed by atoms with Gasteiger partial charge in [0.15, 0.2) is 0 Å². The Balaban J connectivity index is 1.44. The summed E-state index contributed by atoms with van der Waals surface area (Å²) in [5.74, 6) is -0.707. The molecule has 1 aromatic carbocycles. The van der Waals surface area contributed by atoms with Crippen LogP contribution in [-0.4, -0.2) is 73.1 Å². The number of urea groups is 1. The number of ether oxygens (including phenoxy) is 1. The molecule has 2 heterocycles. The Morgan fingerprint density at radius 2 is 2.11 bits per heavy atom. The summed E-state index contributed by atoms with van der Waals surface area (Å²) in [6.07, 6.45) is -0.244. The first-order valence-corrected chi connectivity index (χ1v) is 9.71. The van der Waals surface area contributed by atoms with Gasteiger partial charge >= 0.3 is 6.03 Å². The zero-order valence-corrected chi connectivity index (χ0v) is 16.9. The number of nitrogens with one attached hydrogen (secondary N) is 2. The third-order valence-corrected chi connectivity index (χ3v) is 5.50. The summed E-state index contributed by atoms with van der Waals surface area (Å²) in [7, 11) is 1.38. The molecule has 4 amide bonds. The average Bonchev–Trinajstić information content (AvgIpc) is 2.90. The van der Waals surface area contributed by atoms with Crippen molar-refractivity contribution < 1.29 is 19.1 Å². The average molecular weight is 429 g/mol. The van der Waals surface area contributed by atoms with Crippen molar-refractivity contribution in [3.05, 3.63) is 33.8 Å². The second-order valence-corrected chi connectivity index (χ2v) is 7.70. The van der Waals surface area contributed by atoms with E-state index in [1.165, 1.54) is 7.05 Å². The third kappa shape index (κ3) is 5.14. The van der Waals surface area contributed by atoms with Gasteiger partial charge in [0.25, 0.3) is 5.91 Å². The standard InChI is InChI=1S/C18H22Cl2N4O4/c1-23-17(26)15(22-18(23)27)7-16(25)21-8-12-10-24(4-5-28-12)9-11-2-3-13(19)14(20)6-11/h2-3,6,12,15H,4-5,7-10H2,1H3,(H,21,25)(H,22,27)/t12-,15?/m0/s1. The van der Waals surface area contributed by atoms with Crippen LogP contribution in [0.15, 0.2) is 18.2 Å². The highest BCUT2D eigenvalue weighted by Crippen LogP contribution is 2.23. The molecule has 28 heavy (non-hydrogen) atoms. The fraction of sp³-hybridized carbons (Fsp3) is 0.500. The second kappa shape index (κ2) is 9.09. The van der Waals surface area contributed by atoms with Crippen LogP contribution in [0, 0.1) is 0 Å². The van der Waals surface area contributed by atoms with Crippen molar-refractivity contribution in [2.75, 3.05) is 33.3 Å². The zero-order chi connectivity index (χ0) is 20.3. The Kier molecular flexibility index (Phi) is 6.77. The number of imide groups is 1. The number of carbonyl (C=O) groups is 3. The second-order valence-electron chi connectivity index (χ2n) is 6.88. The van der Waals surface area contributed by atoms with Crippen molar-refractivity contribution in [3.63, 3.8) is 0 Å². The van der Waals surface area contributed by atoms with Crippen molar-refractivity contribution in [3.8, 4) is 0 Å². The zero-order valence-electron chi connectivity index (χ0n) is 15.4. The van der Waals surface area contributed by atoms with E-state index in [0.717, 1.165) is 17.0 Å². The number of likely N-dealkylation sites (N-methyl/N-ethyl adjacent to an activating group) is 1. The van der Waals surface area contributed by atoms with Gasteiger partial charge in [0.1, 0.15) is 6.04 Å². The van der Waals surface area contributed by atoms with Crippen molar-refractivity contribution >= 4 is 41.0 Å². The molecule has 0 saturated carbocycles. The largest absolute Gasteiger partial charge is 0.374 e. The molecule has 2 fully saturated rings. The molecular weight excluding hydrogens is 407 g/mol. The molecule has 0 bridgehead atoms. The smallest absolute Gasteiger partial charge is 0.324 e. The highest BCUT2D eigenvalue weighted by Gasteiger charge is 2.36. The fourth-order valence-corrected chi connectivity index (χ4v) is 3.53. The predicted octanol–water partition coefficient (Wildman–Crippen LogP) is 1.25. The number of benzene rings is 1. The lowest BCUT2D eigenvalue weighted by Gasteiger charge is -2.33. The van der Waals surface area contributed by atoms with E-state index in [-0.39, 0.29) is 18.4 Å². The SMILES string of the molecule is CN1C(=O)NC(CC(=O)NC[C@H]2CN(Cc3ccc(Cl)c(Cl)c3)CCO2)C1=O. The van der Waals surface area contributed by atoms with E-state index < -0.39 is 18.0 Å². The summed E-state index contributed by atoms with van der Waals surface area (Å²) in [4.78, 5) is 38.6. The van der Waals surface area contributed by atoms with E-state index in [4.69, 9.17) is 27.9 Å². The Labute approximate surface area is 173 Å². The van der Waals surface area contributed by atoms with E-state index in [0.29, 0.717) is 36.3 Å². The number of morpholine rings is 1. The van der Waals surface area contributed by atoms with Crippen LogP contribution < -0.4 is 10.6 Å². The number of carbonyl (C=O) groups excluding carboxylic acids is 3. The first kappa shape index (κ1) is 20.9. The maximum atomic E-state index is 12.1. The summed E-state index contributed by atoms with van der Waals surface area (Å²) >= 11 is 12.0. The van der Waals surface area contributed by atoms with E-state index >= 15 is 0 Å². The molecule has 2 aliphatic heterocycles. The number of nitrogens with zero attached hydrogens (tertiary/aromatic N) is 2. The molecule has 152 valence electrons. The Morgan fingerprint density at radius 3 is 2.79 bits per heavy atom. The van der Waals surface area contributed by atoms with Crippen LogP contribution in [0.3, 0.4) is 0 Å². The Hall–Kier alpha value is -1.87. The van der Waals surface area contributed by atoms with Crippen molar-refractivity contribution in [2.24, 2.45) is 0 Å². The van der Waals surface area contributed by atoms with Gasteiger partial charge in [-0.2, -0.15) is 0 Å². The van der Waals surface area contributed by atoms with Crippen LogP contribution >= 0.6 is 23.2 Å². The van der Waals surface area contributed by atoms with E-state index in [9.17, 15) is 14.4 Å². The normalized spacial score (nSPS) is 23.0. The molecule has 2 atom stereocenters. The van der Waals surface area contributed by atoms with Crippen LogP contribution in [0.5, 0.6) is 0 Å². The molecule has 10 heteroatoms. The molecule has 1 unspecified atom stereocenters. The summed E-state index contributed by atoms with van der Waals surface area (Å²) in [6.45, 7) is 3.03. The van der Waals surface area contributed by atoms with Crippen molar-refractivity contribution in [1.82, 2.24) is 20.4 Å². The van der Waals surface area contributed by atoms with Crippen molar-refractivity contribution in [1.29, 1.82) is 0 Å².